The van der Waals surface area contributed by atoms with Crippen LogP contribution < -0.4 is 11.5 Å². The number of hydrogen-bond donors (Lipinski definition) is 2. The summed E-state index contributed by atoms with van der Waals surface area (Å²) in [5, 5.41) is 0. The Labute approximate surface area is 229 Å². The standard InChI is InChI=1S/C36H42N2/c1-2-3-36(32-14-6-27(7-15-32)25-29-10-22-35(38)23-11-29)33-18-16-31(17-19-33)30-12-4-26(5-13-30)24-28-8-20-34(37)21-9-28/h4-15,20-23,31,33,36H,2-3,16-19,24-25,37-38H2,1H3. The summed E-state index contributed by atoms with van der Waals surface area (Å²) in [4.78, 5) is 0. The Hall–Kier alpha value is -3.52. The van der Waals surface area contributed by atoms with E-state index in [0.29, 0.717) is 11.8 Å². The van der Waals surface area contributed by atoms with Gasteiger partial charge in [-0.15, -0.1) is 0 Å². The molecule has 38 heavy (non-hydrogen) atoms. The maximum atomic E-state index is 5.85. The van der Waals surface area contributed by atoms with Crippen molar-refractivity contribution in [2.24, 2.45) is 5.92 Å². The second-order valence-corrected chi connectivity index (χ2v) is 11.3. The third-order valence-corrected chi connectivity index (χ3v) is 8.58. The molecule has 1 atom stereocenters. The van der Waals surface area contributed by atoms with Crippen molar-refractivity contribution in [1.82, 2.24) is 0 Å². The lowest BCUT2D eigenvalue weighted by molar-refractivity contribution is 0.271. The highest BCUT2D eigenvalue weighted by molar-refractivity contribution is 5.42. The van der Waals surface area contributed by atoms with E-state index in [-0.39, 0.29) is 0 Å². The Bertz CT molecular complexity index is 1260. The first-order chi connectivity index (χ1) is 18.6. The van der Waals surface area contributed by atoms with Crippen molar-refractivity contribution in [2.75, 3.05) is 11.5 Å². The molecular formula is C36H42N2. The molecule has 196 valence electrons. The second kappa shape index (κ2) is 12.3. The molecule has 1 fully saturated rings. The van der Waals surface area contributed by atoms with Crippen LogP contribution in [-0.2, 0) is 12.8 Å². The van der Waals surface area contributed by atoms with E-state index in [2.05, 4.69) is 79.7 Å². The van der Waals surface area contributed by atoms with Gasteiger partial charge in [0.25, 0.3) is 0 Å². The third kappa shape index (κ3) is 6.67. The van der Waals surface area contributed by atoms with Crippen molar-refractivity contribution in [1.29, 1.82) is 0 Å². The van der Waals surface area contributed by atoms with E-state index in [4.69, 9.17) is 11.5 Å². The Morgan fingerprint density at radius 3 is 1.45 bits per heavy atom. The number of nitrogen functional groups attached to an aromatic ring is 2. The molecule has 4 aromatic carbocycles. The lowest BCUT2D eigenvalue weighted by Gasteiger charge is -2.34. The molecule has 1 unspecified atom stereocenters. The van der Waals surface area contributed by atoms with Gasteiger partial charge in [0.05, 0.1) is 0 Å². The van der Waals surface area contributed by atoms with Crippen molar-refractivity contribution in [3.05, 3.63) is 130 Å². The zero-order valence-electron chi connectivity index (χ0n) is 22.8. The SMILES string of the molecule is CCCC(c1ccc(Cc2ccc(N)cc2)cc1)C1CCC(c2ccc(Cc3ccc(N)cc3)cc2)CC1. The van der Waals surface area contributed by atoms with Crippen LogP contribution in [0.5, 0.6) is 0 Å². The average molecular weight is 503 g/mol. The molecule has 5 rings (SSSR count). The van der Waals surface area contributed by atoms with Crippen LogP contribution in [0, 0.1) is 5.92 Å². The van der Waals surface area contributed by atoms with Crippen molar-refractivity contribution in [3.63, 3.8) is 0 Å². The molecule has 0 aliphatic heterocycles. The van der Waals surface area contributed by atoms with Gasteiger partial charge in [-0.2, -0.15) is 0 Å². The summed E-state index contributed by atoms with van der Waals surface area (Å²) >= 11 is 0. The van der Waals surface area contributed by atoms with Crippen molar-refractivity contribution in [2.45, 2.75) is 70.1 Å². The molecule has 4 aromatic rings. The van der Waals surface area contributed by atoms with E-state index in [1.807, 2.05) is 24.3 Å². The van der Waals surface area contributed by atoms with Crippen LogP contribution in [0.4, 0.5) is 11.4 Å². The minimum Gasteiger partial charge on any atom is -0.399 e. The van der Waals surface area contributed by atoms with E-state index in [9.17, 15) is 0 Å². The Balaban J connectivity index is 1.17. The first-order valence-corrected chi connectivity index (χ1v) is 14.4. The minimum absolute atomic E-state index is 0.675. The highest BCUT2D eigenvalue weighted by atomic mass is 14.5. The maximum Gasteiger partial charge on any atom is 0.0314 e. The van der Waals surface area contributed by atoms with Crippen LogP contribution in [0.2, 0.25) is 0 Å². The molecule has 1 aliphatic rings. The van der Waals surface area contributed by atoms with E-state index >= 15 is 0 Å². The topological polar surface area (TPSA) is 52.0 Å². The zero-order chi connectivity index (χ0) is 26.3. The number of benzene rings is 4. The van der Waals surface area contributed by atoms with Gasteiger partial charge in [0.1, 0.15) is 0 Å². The van der Waals surface area contributed by atoms with Gasteiger partial charge in [0.2, 0.25) is 0 Å². The van der Waals surface area contributed by atoms with Gasteiger partial charge in [0.15, 0.2) is 0 Å². The molecule has 2 heteroatoms. The van der Waals surface area contributed by atoms with Gasteiger partial charge in [-0.3, -0.25) is 0 Å². The monoisotopic (exact) mass is 502 g/mol. The van der Waals surface area contributed by atoms with Gasteiger partial charge in [-0.1, -0.05) is 86.1 Å². The molecule has 0 saturated heterocycles. The van der Waals surface area contributed by atoms with Gasteiger partial charge in [-0.25, -0.2) is 0 Å². The molecule has 0 amide bonds. The molecule has 0 spiro atoms. The van der Waals surface area contributed by atoms with E-state index in [1.54, 1.807) is 0 Å². The van der Waals surface area contributed by atoms with Gasteiger partial charge < -0.3 is 11.5 Å². The molecule has 2 nitrogen and oxygen atoms in total. The minimum atomic E-state index is 0.675. The molecule has 1 saturated carbocycles. The Morgan fingerprint density at radius 1 is 0.579 bits per heavy atom. The fraction of sp³-hybridized carbons (Fsp3) is 0.333. The summed E-state index contributed by atoms with van der Waals surface area (Å²) in [5.41, 5.74) is 21.7. The molecule has 0 heterocycles. The van der Waals surface area contributed by atoms with Crippen LogP contribution in [0.1, 0.15) is 90.7 Å². The van der Waals surface area contributed by atoms with Crippen LogP contribution >= 0.6 is 0 Å². The fourth-order valence-electron chi connectivity index (χ4n) is 6.37. The van der Waals surface area contributed by atoms with Gasteiger partial charge in [-0.05, 0) is 120 Å². The summed E-state index contributed by atoms with van der Waals surface area (Å²) in [6.07, 6.45) is 9.72. The predicted molar refractivity (Wildman–Crippen MR) is 163 cm³/mol. The highest BCUT2D eigenvalue weighted by Gasteiger charge is 2.28. The molecular weight excluding hydrogens is 460 g/mol. The number of nitrogens with two attached hydrogens (primary N) is 2. The summed E-state index contributed by atoms with van der Waals surface area (Å²) in [5.74, 6) is 2.16. The molecule has 4 N–H and O–H groups in total. The van der Waals surface area contributed by atoms with Gasteiger partial charge >= 0.3 is 0 Å². The highest BCUT2D eigenvalue weighted by Crippen LogP contribution is 2.43. The molecule has 0 aromatic heterocycles. The van der Waals surface area contributed by atoms with Gasteiger partial charge in [0, 0.05) is 11.4 Å². The quantitative estimate of drug-likeness (QED) is 0.225. The summed E-state index contributed by atoms with van der Waals surface area (Å²) in [7, 11) is 0. The number of anilines is 2. The van der Waals surface area contributed by atoms with Crippen molar-refractivity contribution in [3.8, 4) is 0 Å². The number of hydrogen-bond acceptors (Lipinski definition) is 2. The van der Waals surface area contributed by atoms with Crippen molar-refractivity contribution < 1.29 is 0 Å². The summed E-state index contributed by atoms with van der Waals surface area (Å²) in [6, 6.07) is 35.4. The van der Waals surface area contributed by atoms with E-state index < -0.39 is 0 Å². The summed E-state index contributed by atoms with van der Waals surface area (Å²) in [6.45, 7) is 2.33. The summed E-state index contributed by atoms with van der Waals surface area (Å²) < 4.78 is 0. The van der Waals surface area contributed by atoms with E-state index in [0.717, 1.165) is 30.1 Å². The van der Waals surface area contributed by atoms with Crippen molar-refractivity contribution >= 4 is 11.4 Å². The lowest BCUT2D eigenvalue weighted by Crippen LogP contribution is -2.20. The first kappa shape index (κ1) is 26.1. The smallest absolute Gasteiger partial charge is 0.0314 e. The van der Waals surface area contributed by atoms with Crippen LogP contribution in [0.15, 0.2) is 97.1 Å². The average Bonchev–Trinajstić information content (AvgIpc) is 2.95. The van der Waals surface area contributed by atoms with E-state index in [1.165, 1.54) is 71.9 Å². The third-order valence-electron chi connectivity index (χ3n) is 8.58. The first-order valence-electron chi connectivity index (χ1n) is 14.4. The number of rotatable bonds is 9. The van der Waals surface area contributed by atoms with Crippen LogP contribution in [0.25, 0.3) is 0 Å². The normalized spacial score (nSPS) is 18.2. The lowest BCUT2D eigenvalue weighted by atomic mass is 9.70. The fourth-order valence-corrected chi connectivity index (χ4v) is 6.37. The second-order valence-electron chi connectivity index (χ2n) is 11.3. The molecule has 0 radical (unpaired) electrons. The Morgan fingerprint density at radius 2 is 1.00 bits per heavy atom. The maximum absolute atomic E-state index is 5.85. The largest absolute Gasteiger partial charge is 0.399 e. The Kier molecular flexibility index (Phi) is 8.48. The van der Waals surface area contributed by atoms with Crippen LogP contribution in [0.3, 0.4) is 0 Å². The molecule has 1 aliphatic carbocycles. The predicted octanol–water partition coefficient (Wildman–Crippen LogP) is 8.89. The molecule has 0 bridgehead atoms. The van der Waals surface area contributed by atoms with Crippen LogP contribution in [-0.4, -0.2) is 0 Å². The zero-order valence-corrected chi connectivity index (χ0v) is 22.8.